The van der Waals surface area contributed by atoms with Crippen molar-refractivity contribution in [3.05, 3.63) is 62.0 Å². The van der Waals surface area contributed by atoms with Crippen LogP contribution in [-0.4, -0.2) is 5.11 Å². The van der Waals surface area contributed by atoms with Crippen molar-refractivity contribution in [3.8, 4) is 11.8 Å². The molecule has 20 heavy (non-hydrogen) atoms. The van der Waals surface area contributed by atoms with Crippen LogP contribution in [-0.2, 0) is 0 Å². The van der Waals surface area contributed by atoms with E-state index in [9.17, 15) is 10.4 Å². The van der Waals surface area contributed by atoms with Crippen LogP contribution in [0.5, 0.6) is 5.75 Å². The summed E-state index contributed by atoms with van der Waals surface area (Å²) < 4.78 is 0.813. The summed E-state index contributed by atoms with van der Waals surface area (Å²) in [6.45, 7) is 0. The van der Waals surface area contributed by atoms with E-state index in [0.717, 1.165) is 4.47 Å². The molecule has 2 nitrogen and oxygen atoms in total. The highest BCUT2D eigenvalue weighted by Crippen LogP contribution is 2.29. The van der Waals surface area contributed by atoms with Crippen molar-refractivity contribution >= 4 is 50.8 Å². The largest absolute Gasteiger partial charge is 0.507 e. The number of halogens is 3. The molecule has 0 aromatic heterocycles. The highest BCUT2D eigenvalue weighted by atomic mass is 79.9. The van der Waals surface area contributed by atoms with Gasteiger partial charge in [-0.3, -0.25) is 0 Å². The fourth-order valence-corrected chi connectivity index (χ4v) is 2.32. The number of nitriles is 1. The Morgan fingerprint density at radius 1 is 1.15 bits per heavy atom. The van der Waals surface area contributed by atoms with Gasteiger partial charge in [-0.25, -0.2) is 0 Å². The minimum atomic E-state index is 0.0982. The molecule has 0 saturated heterocycles. The third-order valence-corrected chi connectivity index (χ3v) is 3.87. The molecule has 2 aromatic carbocycles. The van der Waals surface area contributed by atoms with Crippen LogP contribution in [0.15, 0.2) is 40.9 Å². The third kappa shape index (κ3) is 3.34. The van der Waals surface area contributed by atoms with Crippen LogP contribution in [0, 0.1) is 11.3 Å². The van der Waals surface area contributed by atoms with Gasteiger partial charge >= 0.3 is 0 Å². The third-order valence-electron chi connectivity index (χ3n) is 2.64. The number of rotatable bonds is 2. The minimum Gasteiger partial charge on any atom is -0.507 e. The summed E-state index contributed by atoms with van der Waals surface area (Å²) in [5.74, 6) is 0.0982. The Kier molecular flexibility index (Phi) is 4.72. The first-order valence-electron chi connectivity index (χ1n) is 5.57. The number of aromatic hydroxyl groups is 1. The van der Waals surface area contributed by atoms with E-state index in [1.807, 2.05) is 0 Å². The molecule has 0 bridgehead atoms. The predicted octanol–water partition coefficient (Wildman–Crippen LogP) is 5.53. The molecule has 0 aliphatic carbocycles. The molecular weight excluding hydrogens is 361 g/mol. The quantitative estimate of drug-likeness (QED) is 0.559. The summed E-state index contributed by atoms with van der Waals surface area (Å²) in [5.41, 5.74) is 1.57. The number of benzene rings is 2. The highest BCUT2D eigenvalue weighted by molar-refractivity contribution is 9.10. The Morgan fingerprint density at radius 3 is 2.55 bits per heavy atom. The van der Waals surface area contributed by atoms with E-state index in [4.69, 9.17) is 23.2 Å². The summed E-state index contributed by atoms with van der Waals surface area (Å²) in [7, 11) is 0. The molecule has 0 fully saturated rings. The number of hydrogen-bond donors (Lipinski definition) is 1. The smallest absolute Gasteiger partial charge is 0.122 e. The number of phenolic OH excluding ortho intramolecular Hbond substituents is 1. The van der Waals surface area contributed by atoms with Crippen LogP contribution in [0.1, 0.15) is 11.1 Å². The van der Waals surface area contributed by atoms with Gasteiger partial charge < -0.3 is 5.11 Å². The van der Waals surface area contributed by atoms with Gasteiger partial charge in [0.15, 0.2) is 0 Å². The molecule has 2 rings (SSSR count). The SMILES string of the molecule is N#C/C(=C\c1cc(Br)ccc1O)c1ccc(Cl)c(Cl)c1. The maximum atomic E-state index is 9.80. The Morgan fingerprint density at radius 2 is 1.90 bits per heavy atom. The Labute approximate surface area is 135 Å². The van der Waals surface area contributed by atoms with Crippen LogP contribution in [0.3, 0.4) is 0 Å². The van der Waals surface area contributed by atoms with Crippen LogP contribution >= 0.6 is 39.1 Å². The molecule has 5 heteroatoms. The zero-order valence-electron chi connectivity index (χ0n) is 10.1. The molecule has 0 spiro atoms. The van der Waals surface area contributed by atoms with E-state index in [1.165, 1.54) is 0 Å². The van der Waals surface area contributed by atoms with Crippen LogP contribution in [0.25, 0.3) is 11.6 Å². The summed E-state index contributed by atoms with van der Waals surface area (Å²) in [5, 5.41) is 19.9. The first kappa shape index (κ1) is 14.9. The van der Waals surface area contributed by atoms with Gasteiger partial charge in [0, 0.05) is 10.0 Å². The zero-order valence-corrected chi connectivity index (χ0v) is 13.2. The maximum absolute atomic E-state index is 9.80. The van der Waals surface area contributed by atoms with Crippen molar-refractivity contribution in [3.63, 3.8) is 0 Å². The second-order valence-corrected chi connectivity index (χ2v) is 5.73. The molecule has 0 aliphatic heterocycles. The molecule has 0 amide bonds. The van der Waals surface area contributed by atoms with Gasteiger partial charge in [0.2, 0.25) is 0 Å². The summed E-state index contributed by atoms with van der Waals surface area (Å²) >= 11 is 15.1. The highest BCUT2D eigenvalue weighted by Gasteiger charge is 2.07. The van der Waals surface area contributed by atoms with E-state index in [2.05, 4.69) is 22.0 Å². The first-order chi connectivity index (χ1) is 9.51. The van der Waals surface area contributed by atoms with Crippen LogP contribution < -0.4 is 0 Å². The Balaban J connectivity index is 2.51. The lowest BCUT2D eigenvalue weighted by Gasteiger charge is -2.04. The molecule has 2 aromatic rings. The minimum absolute atomic E-state index is 0.0982. The molecule has 0 unspecified atom stereocenters. The van der Waals surface area contributed by atoms with E-state index in [-0.39, 0.29) is 5.75 Å². The number of phenols is 1. The van der Waals surface area contributed by atoms with Crippen LogP contribution in [0.2, 0.25) is 10.0 Å². The molecule has 0 atom stereocenters. The fraction of sp³-hybridized carbons (Fsp3) is 0. The van der Waals surface area contributed by atoms with E-state index in [1.54, 1.807) is 42.5 Å². The van der Waals surface area contributed by atoms with E-state index >= 15 is 0 Å². The number of allylic oxidation sites excluding steroid dienone is 1. The lowest BCUT2D eigenvalue weighted by atomic mass is 10.0. The number of hydrogen-bond acceptors (Lipinski definition) is 2. The second kappa shape index (κ2) is 6.32. The number of nitrogens with zero attached hydrogens (tertiary/aromatic N) is 1. The summed E-state index contributed by atoms with van der Waals surface area (Å²) in [6.07, 6.45) is 1.60. The van der Waals surface area contributed by atoms with Gasteiger partial charge in [-0.2, -0.15) is 5.26 Å². The van der Waals surface area contributed by atoms with Crippen molar-refractivity contribution in [2.45, 2.75) is 0 Å². The van der Waals surface area contributed by atoms with Crippen molar-refractivity contribution in [2.24, 2.45) is 0 Å². The fourth-order valence-electron chi connectivity index (χ4n) is 1.64. The standard InChI is InChI=1S/C15H8BrCl2NO/c16-12-2-4-15(20)10(6-12)5-11(8-19)9-1-3-13(17)14(18)7-9/h1-7,20H/b11-5+. The van der Waals surface area contributed by atoms with Gasteiger partial charge in [-0.1, -0.05) is 45.2 Å². The van der Waals surface area contributed by atoms with Crippen molar-refractivity contribution in [1.29, 1.82) is 5.26 Å². The van der Waals surface area contributed by atoms with Gasteiger partial charge in [0.05, 0.1) is 21.7 Å². The normalized spacial score (nSPS) is 11.2. The van der Waals surface area contributed by atoms with Gasteiger partial charge in [-0.15, -0.1) is 0 Å². The average molecular weight is 369 g/mol. The van der Waals surface area contributed by atoms with Crippen molar-refractivity contribution in [2.75, 3.05) is 0 Å². The van der Waals surface area contributed by atoms with E-state index in [0.29, 0.717) is 26.7 Å². The maximum Gasteiger partial charge on any atom is 0.122 e. The monoisotopic (exact) mass is 367 g/mol. The lowest BCUT2D eigenvalue weighted by Crippen LogP contribution is -1.84. The molecule has 0 radical (unpaired) electrons. The summed E-state index contributed by atoms with van der Waals surface area (Å²) in [4.78, 5) is 0. The lowest BCUT2D eigenvalue weighted by molar-refractivity contribution is 0.474. The Hall–Kier alpha value is -1.47. The zero-order chi connectivity index (χ0) is 14.7. The average Bonchev–Trinajstić information content (AvgIpc) is 2.43. The summed E-state index contributed by atoms with van der Waals surface area (Å²) in [6, 6.07) is 12.1. The molecular formula is C15H8BrCl2NO. The van der Waals surface area contributed by atoms with E-state index < -0.39 is 0 Å². The second-order valence-electron chi connectivity index (χ2n) is 4.00. The van der Waals surface area contributed by atoms with Crippen LogP contribution in [0.4, 0.5) is 0 Å². The Bertz CT molecular complexity index is 735. The first-order valence-corrected chi connectivity index (χ1v) is 7.12. The molecule has 1 N–H and O–H groups in total. The molecule has 0 saturated carbocycles. The predicted molar refractivity (Wildman–Crippen MR) is 85.8 cm³/mol. The van der Waals surface area contributed by atoms with Gasteiger partial charge in [-0.05, 0) is 42.0 Å². The molecule has 0 heterocycles. The van der Waals surface area contributed by atoms with Gasteiger partial charge in [0.25, 0.3) is 0 Å². The van der Waals surface area contributed by atoms with Gasteiger partial charge in [0.1, 0.15) is 5.75 Å². The molecule has 0 aliphatic rings. The van der Waals surface area contributed by atoms with Crippen molar-refractivity contribution in [1.82, 2.24) is 0 Å². The van der Waals surface area contributed by atoms with Crippen molar-refractivity contribution < 1.29 is 5.11 Å². The topological polar surface area (TPSA) is 44.0 Å². The molecule has 100 valence electrons.